The van der Waals surface area contributed by atoms with Gasteiger partial charge in [-0.15, -0.1) is 24.0 Å². The van der Waals surface area contributed by atoms with Gasteiger partial charge in [0.2, 0.25) is 0 Å². The summed E-state index contributed by atoms with van der Waals surface area (Å²) >= 11 is 0. The average Bonchev–Trinajstić information content (AvgIpc) is 3.01. The third-order valence-corrected chi connectivity index (χ3v) is 6.31. The van der Waals surface area contributed by atoms with Gasteiger partial charge in [-0.2, -0.15) is 0 Å². The summed E-state index contributed by atoms with van der Waals surface area (Å²) < 4.78 is 41.9. The number of guanidine groups is 1. The Kier molecular flexibility index (Phi) is 8.26. The predicted octanol–water partition coefficient (Wildman–Crippen LogP) is 3.40. The molecule has 29 heavy (non-hydrogen) atoms. The number of hydrogen-bond donors (Lipinski definition) is 2. The van der Waals surface area contributed by atoms with Gasteiger partial charge in [-0.1, -0.05) is 12.1 Å². The lowest BCUT2D eigenvalue weighted by atomic mass is 10.1. The van der Waals surface area contributed by atoms with Crippen LogP contribution in [0.3, 0.4) is 0 Å². The maximum Gasteiger partial charge on any atom is 0.191 e. The van der Waals surface area contributed by atoms with Crippen LogP contribution in [0.25, 0.3) is 0 Å². The van der Waals surface area contributed by atoms with Crippen molar-refractivity contribution in [3.05, 3.63) is 59.4 Å². The van der Waals surface area contributed by atoms with Crippen LogP contribution in [-0.2, 0) is 16.4 Å². The number of halogens is 2. The minimum Gasteiger partial charge on any atom is -0.457 e. The molecule has 158 valence electrons. The normalized spacial score (nSPS) is 18.0. The van der Waals surface area contributed by atoms with Crippen LogP contribution in [0.4, 0.5) is 4.39 Å². The third-order valence-electron chi connectivity index (χ3n) is 4.54. The number of rotatable bonds is 5. The number of nitrogens with zero attached hydrogens (tertiary/aromatic N) is 1. The fraction of sp³-hybridized carbons (Fsp3) is 0.350. The van der Waals surface area contributed by atoms with Gasteiger partial charge < -0.3 is 15.4 Å². The number of aliphatic imine (C=N–C) groups is 1. The molecule has 1 saturated heterocycles. The zero-order chi connectivity index (χ0) is 20.1. The molecular formula is C20H25FIN3O3S. The monoisotopic (exact) mass is 533 g/mol. The molecular weight excluding hydrogens is 508 g/mol. The van der Waals surface area contributed by atoms with E-state index in [1.54, 1.807) is 19.2 Å². The van der Waals surface area contributed by atoms with Crippen LogP contribution in [0.5, 0.6) is 11.5 Å². The minimum atomic E-state index is -2.94. The molecule has 0 radical (unpaired) electrons. The van der Waals surface area contributed by atoms with E-state index in [0.29, 0.717) is 30.4 Å². The molecule has 1 fully saturated rings. The number of aryl methyl sites for hydroxylation is 1. The van der Waals surface area contributed by atoms with Crippen molar-refractivity contribution in [3.8, 4) is 11.5 Å². The molecule has 0 spiro atoms. The van der Waals surface area contributed by atoms with Crippen LogP contribution in [0.1, 0.15) is 17.5 Å². The fourth-order valence-corrected chi connectivity index (χ4v) is 4.72. The van der Waals surface area contributed by atoms with Gasteiger partial charge in [0.15, 0.2) is 15.8 Å². The predicted molar refractivity (Wildman–Crippen MR) is 123 cm³/mol. The summed E-state index contributed by atoms with van der Waals surface area (Å²) in [6.45, 7) is 2.48. The maximum absolute atomic E-state index is 13.0. The molecule has 3 rings (SSSR count). The molecule has 2 N–H and O–H groups in total. The highest BCUT2D eigenvalue weighted by Crippen LogP contribution is 2.26. The Morgan fingerprint density at radius 1 is 1.24 bits per heavy atom. The van der Waals surface area contributed by atoms with Gasteiger partial charge in [-0.25, -0.2) is 12.8 Å². The van der Waals surface area contributed by atoms with Crippen molar-refractivity contribution in [1.29, 1.82) is 0 Å². The number of nitrogens with one attached hydrogen (secondary N) is 2. The molecule has 1 aliphatic rings. The van der Waals surface area contributed by atoms with Crippen molar-refractivity contribution in [3.63, 3.8) is 0 Å². The highest BCUT2D eigenvalue weighted by Gasteiger charge is 2.28. The standard InChI is InChI=1S/C20H24FN3O3S.HI/c1-14-11-15(3-8-19(14)27-18-6-4-16(21)5-7-18)12-23-20(22-2)24-17-9-10-28(25,26)13-17;/h3-8,11,17H,9-10,12-13H2,1-2H3,(H2,22,23,24);1H. The van der Waals surface area contributed by atoms with Crippen LogP contribution in [0.2, 0.25) is 0 Å². The lowest BCUT2D eigenvalue weighted by Gasteiger charge is -2.16. The van der Waals surface area contributed by atoms with E-state index in [1.165, 1.54) is 12.1 Å². The molecule has 1 aliphatic heterocycles. The molecule has 0 aromatic heterocycles. The van der Waals surface area contributed by atoms with Crippen molar-refractivity contribution >= 4 is 39.8 Å². The van der Waals surface area contributed by atoms with Gasteiger partial charge in [0.05, 0.1) is 11.5 Å². The molecule has 1 heterocycles. The van der Waals surface area contributed by atoms with Crippen molar-refractivity contribution in [2.75, 3.05) is 18.6 Å². The number of sulfone groups is 1. The Bertz CT molecular complexity index is 965. The molecule has 0 bridgehead atoms. The Morgan fingerprint density at radius 3 is 2.55 bits per heavy atom. The van der Waals surface area contributed by atoms with E-state index in [-0.39, 0.29) is 47.3 Å². The Labute approximate surface area is 187 Å². The number of benzene rings is 2. The highest BCUT2D eigenvalue weighted by molar-refractivity contribution is 14.0. The first-order chi connectivity index (χ1) is 13.3. The summed E-state index contributed by atoms with van der Waals surface area (Å²) in [5.41, 5.74) is 1.99. The summed E-state index contributed by atoms with van der Waals surface area (Å²) in [6, 6.07) is 11.6. The highest BCUT2D eigenvalue weighted by atomic mass is 127. The molecule has 0 aliphatic carbocycles. The Morgan fingerprint density at radius 2 is 1.97 bits per heavy atom. The molecule has 0 amide bonds. The molecule has 2 aromatic carbocycles. The fourth-order valence-electron chi connectivity index (χ4n) is 3.05. The van der Waals surface area contributed by atoms with Crippen LogP contribution < -0.4 is 15.4 Å². The van der Waals surface area contributed by atoms with Gasteiger partial charge in [0.25, 0.3) is 0 Å². The van der Waals surface area contributed by atoms with E-state index in [9.17, 15) is 12.8 Å². The number of hydrogen-bond acceptors (Lipinski definition) is 4. The molecule has 9 heteroatoms. The van der Waals surface area contributed by atoms with Crippen molar-refractivity contribution in [1.82, 2.24) is 10.6 Å². The second-order valence-corrected chi connectivity index (χ2v) is 9.05. The SMILES string of the molecule is CN=C(NCc1ccc(Oc2ccc(F)cc2)c(C)c1)NC1CCS(=O)(=O)C1.I. The second kappa shape index (κ2) is 10.2. The summed E-state index contributed by atoms with van der Waals surface area (Å²) in [7, 11) is -1.28. The lowest BCUT2D eigenvalue weighted by molar-refractivity contribution is 0.476. The van der Waals surface area contributed by atoms with Gasteiger partial charge in [-0.05, 0) is 54.8 Å². The summed E-state index contributed by atoms with van der Waals surface area (Å²) in [5.74, 6) is 1.91. The van der Waals surface area contributed by atoms with Gasteiger partial charge >= 0.3 is 0 Å². The summed E-state index contributed by atoms with van der Waals surface area (Å²) in [5, 5.41) is 6.36. The quantitative estimate of drug-likeness (QED) is 0.350. The van der Waals surface area contributed by atoms with E-state index in [0.717, 1.165) is 11.1 Å². The molecule has 6 nitrogen and oxygen atoms in total. The van der Waals surface area contributed by atoms with E-state index in [1.807, 2.05) is 25.1 Å². The van der Waals surface area contributed by atoms with Crippen LogP contribution in [0, 0.1) is 12.7 Å². The van der Waals surface area contributed by atoms with E-state index >= 15 is 0 Å². The second-order valence-electron chi connectivity index (χ2n) is 6.83. The van der Waals surface area contributed by atoms with E-state index in [2.05, 4.69) is 15.6 Å². The smallest absolute Gasteiger partial charge is 0.191 e. The largest absolute Gasteiger partial charge is 0.457 e. The average molecular weight is 533 g/mol. The minimum absolute atomic E-state index is 0. The first kappa shape index (κ1) is 23.4. The zero-order valence-corrected chi connectivity index (χ0v) is 19.5. The first-order valence-corrected chi connectivity index (χ1v) is 10.9. The third kappa shape index (κ3) is 6.84. The lowest BCUT2D eigenvalue weighted by Crippen LogP contribution is -2.43. The maximum atomic E-state index is 13.0. The topological polar surface area (TPSA) is 79.8 Å². The van der Waals surface area contributed by atoms with Crippen molar-refractivity contribution in [2.45, 2.75) is 25.9 Å². The van der Waals surface area contributed by atoms with Gasteiger partial charge in [0, 0.05) is 19.6 Å². The molecule has 2 aromatic rings. The van der Waals surface area contributed by atoms with Crippen molar-refractivity contribution in [2.24, 2.45) is 4.99 Å². The van der Waals surface area contributed by atoms with Crippen LogP contribution >= 0.6 is 24.0 Å². The van der Waals surface area contributed by atoms with Crippen LogP contribution in [0.15, 0.2) is 47.5 Å². The summed E-state index contributed by atoms with van der Waals surface area (Å²) in [4.78, 5) is 4.16. The van der Waals surface area contributed by atoms with Gasteiger partial charge in [0.1, 0.15) is 17.3 Å². The zero-order valence-electron chi connectivity index (χ0n) is 16.3. The van der Waals surface area contributed by atoms with Gasteiger partial charge in [-0.3, -0.25) is 4.99 Å². The first-order valence-electron chi connectivity index (χ1n) is 9.05. The number of ether oxygens (including phenoxy) is 1. The molecule has 0 saturated carbocycles. The van der Waals surface area contributed by atoms with E-state index < -0.39 is 9.84 Å². The molecule has 1 atom stereocenters. The summed E-state index contributed by atoms with van der Waals surface area (Å²) in [6.07, 6.45) is 0.595. The van der Waals surface area contributed by atoms with E-state index in [4.69, 9.17) is 4.74 Å². The van der Waals surface area contributed by atoms with Crippen molar-refractivity contribution < 1.29 is 17.5 Å². The Hall–Kier alpha value is -1.88. The molecule has 1 unspecified atom stereocenters. The van der Waals surface area contributed by atoms with Crippen LogP contribution in [-0.4, -0.2) is 39.0 Å². The Balaban J connectivity index is 0.00000300.